The summed E-state index contributed by atoms with van der Waals surface area (Å²) in [6.07, 6.45) is 5.01. The molecule has 1 saturated heterocycles. The van der Waals surface area contributed by atoms with Crippen LogP contribution in [-0.2, 0) is 4.79 Å². The lowest BCUT2D eigenvalue weighted by molar-refractivity contribution is -0.126. The van der Waals surface area contributed by atoms with E-state index < -0.39 is 5.54 Å². The van der Waals surface area contributed by atoms with Crippen LogP contribution in [0.15, 0.2) is 0 Å². The molecule has 3 N–H and O–H groups in total. The number of hydrogen-bond donors (Lipinski definition) is 2. The second-order valence-corrected chi connectivity index (χ2v) is 6.34. The molecule has 1 saturated carbocycles. The number of hydrogen-bond acceptors (Lipinski definition) is 3. The first kappa shape index (κ1) is 19.0. The summed E-state index contributed by atoms with van der Waals surface area (Å²) in [7, 11) is 2.13. The van der Waals surface area contributed by atoms with Gasteiger partial charge >= 0.3 is 0 Å². The van der Waals surface area contributed by atoms with Gasteiger partial charge in [-0.3, -0.25) is 4.79 Å². The molecule has 2 aliphatic rings. The number of amides is 1. The average molecular weight is 312 g/mol. The predicted octanol–water partition coefficient (Wildman–Crippen LogP) is 1.56. The minimum absolute atomic E-state index is 0. The molecule has 0 aromatic carbocycles. The molecule has 1 unspecified atom stereocenters. The molecule has 0 radical (unpaired) electrons. The van der Waals surface area contributed by atoms with Crippen LogP contribution in [0.3, 0.4) is 0 Å². The van der Waals surface area contributed by atoms with Crippen molar-refractivity contribution in [3.8, 4) is 0 Å². The summed E-state index contributed by atoms with van der Waals surface area (Å²) in [5, 5.41) is 3.08. The van der Waals surface area contributed by atoms with E-state index in [1.54, 1.807) is 0 Å². The summed E-state index contributed by atoms with van der Waals surface area (Å²) in [4.78, 5) is 14.4. The molecule has 6 heteroatoms. The van der Waals surface area contributed by atoms with Gasteiger partial charge in [-0.25, -0.2) is 0 Å². The van der Waals surface area contributed by atoms with E-state index >= 15 is 0 Å². The summed E-state index contributed by atoms with van der Waals surface area (Å²) in [5.74, 6) is 0.0609. The van der Waals surface area contributed by atoms with Crippen molar-refractivity contribution in [1.82, 2.24) is 10.2 Å². The third-order valence-corrected chi connectivity index (χ3v) is 4.37. The Hall–Kier alpha value is -0.0300. The Balaban J connectivity index is 0.00000162. The highest BCUT2D eigenvalue weighted by Crippen LogP contribution is 2.30. The maximum Gasteiger partial charge on any atom is 0.240 e. The number of rotatable bonds is 3. The number of carbonyl (C=O) groups is 1. The topological polar surface area (TPSA) is 58.4 Å². The zero-order valence-electron chi connectivity index (χ0n) is 11.9. The van der Waals surface area contributed by atoms with E-state index in [9.17, 15) is 4.79 Å². The molecule has 2 rings (SSSR count). The van der Waals surface area contributed by atoms with Crippen LogP contribution in [0.25, 0.3) is 0 Å². The Morgan fingerprint density at radius 1 is 1.26 bits per heavy atom. The summed E-state index contributed by atoms with van der Waals surface area (Å²) in [6.45, 7) is 5.19. The first-order valence-electron chi connectivity index (χ1n) is 6.69. The Morgan fingerprint density at radius 3 is 2.32 bits per heavy atom. The van der Waals surface area contributed by atoms with Gasteiger partial charge in [-0.2, -0.15) is 0 Å². The maximum absolute atomic E-state index is 12.1. The van der Waals surface area contributed by atoms with Gasteiger partial charge in [-0.15, -0.1) is 24.8 Å². The van der Waals surface area contributed by atoms with E-state index in [0.717, 1.165) is 51.7 Å². The minimum atomic E-state index is -0.582. The number of nitrogens with one attached hydrogen (secondary N) is 1. The smallest absolute Gasteiger partial charge is 0.240 e. The summed E-state index contributed by atoms with van der Waals surface area (Å²) in [6, 6.07) is 0. The van der Waals surface area contributed by atoms with Gasteiger partial charge in [-0.1, -0.05) is 19.8 Å². The van der Waals surface area contributed by atoms with Crippen molar-refractivity contribution in [3.63, 3.8) is 0 Å². The van der Waals surface area contributed by atoms with Crippen LogP contribution >= 0.6 is 24.8 Å². The van der Waals surface area contributed by atoms with Gasteiger partial charge in [-0.05, 0) is 38.3 Å². The fourth-order valence-corrected chi connectivity index (χ4v) is 3.12. The molecule has 0 aromatic heterocycles. The summed E-state index contributed by atoms with van der Waals surface area (Å²) < 4.78 is 0. The van der Waals surface area contributed by atoms with Crippen molar-refractivity contribution >= 4 is 30.7 Å². The van der Waals surface area contributed by atoms with Crippen LogP contribution in [0.2, 0.25) is 0 Å². The van der Waals surface area contributed by atoms with Gasteiger partial charge in [0.1, 0.15) is 0 Å². The van der Waals surface area contributed by atoms with E-state index in [0.29, 0.717) is 0 Å². The van der Waals surface area contributed by atoms with E-state index in [2.05, 4.69) is 24.2 Å². The number of halogens is 2. The van der Waals surface area contributed by atoms with Crippen LogP contribution in [0.5, 0.6) is 0 Å². The Morgan fingerprint density at radius 2 is 1.84 bits per heavy atom. The highest BCUT2D eigenvalue weighted by atomic mass is 35.5. The lowest BCUT2D eigenvalue weighted by Crippen LogP contribution is -2.53. The second kappa shape index (κ2) is 7.11. The van der Waals surface area contributed by atoms with E-state index in [4.69, 9.17) is 5.73 Å². The molecule has 1 amide bonds. The molecule has 1 aliphatic carbocycles. The SMILES string of the molecule is CN1CCC(C)(CNC(=O)C2(N)CCCC2)C1.Cl.Cl. The van der Waals surface area contributed by atoms with E-state index in [1.165, 1.54) is 0 Å². The van der Waals surface area contributed by atoms with Crippen LogP contribution in [0, 0.1) is 5.41 Å². The first-order chi connectivity index (χ1) is 7.94. The van der Waals surface area contributed by atoms with Crippen molar-refractivity contribution in [2.24, 2.45) is 11.1 Å². The van der Waals surface area contributed by atoms with Crippen molar-refractivity contribution in [2.75, 3.05) is 26.7 Å². The lowest BCUT2D eigenvalue weighted by atomic mass is 9.89. The molecule has 2 fully saturated rings. The monoisotopic (exact) mass is 311 g/mol. The van der Waals surface area contributed by atoms with Crippen molar-refractivity contribution in [2.45, 2.75) is 44.6 Å². The molecule has 0 spiro atoms. The van der Waals surface area contributed by atoms with Crippen molar-refractivity contribution in [3.05, 3.63) is 0 Å². The number of nitrogens with two attached hydrogens (primary N) is 1. The third-order valence-electron chi connectivity index (χ3n) is 4.37. The van der Waals surface area contributed by atoms with Gasteiger partial charge < -0.3 is 16.0 Å². The van der Waals surface area contributed by atoms with Gasteiger partial charge in [0, 0.05) is 13.1 Å². The molecular formula is C13H27Cl2N3O. The quantitative estimate of drug-likeness (QED) is 0.831. The second-order valence-electron chi connectivity index (χ2n) is 6.34. The van der Waals surface area contributed by atoms with E-state index in [-0.39, 0.29) is 36.1 Å². The first-order valence-corrected chi connectivity index (χ1v) is 6.69. The normalized spacial score (nSPS) is 29.4. The minimum Gasteiger partial charge on any atom is -0.354 e. The van der Waals surface area contributed by atoms with Crippen LogP contribution in [0.4, 0.5) is 0 Å². The van der Waals surface area contributed by atoms with Crippen LogP contribution < -0.4 is 11.1 Å². The largest absolute Gasteiger partial charge is 0.354 e. The Bertz CT molecular complexity index is 308. The lowest BCUT2D eigenvalue weighted by Gasteiger charge is -2.28. The molecular weight excluding hydrogens is 285 g/mol. The molecule has 19 heavy (non-hydrogen) atoms. The average Bonchev–Trinajstić information content (AvgIpc) is 2.84. The van der Waals surface area contributed by atoms with Gasteiger partial charge in [0.25, 0.3) is 0 Å². The predicted molar refractivity (Wildman–Crippen MR) is 83.1 cm³/mol. The molecule has 0 bridgehead atoms. The Kier molecular flexibility index (Phi) is 7.10. The standard InChI is InChI=1S/C13H25N3O.2ClH/c1-12(7-8-16(2)10-12)9-15-11(17)13(14)5-3-4-6-13;;/h3-10,14H2,1-2H3,(H,15,17);2*1H. The van der Waals surface area contributed by atoms with Crippen molar-refractivity contribution in [1.29, 1.82) is 0 Å². The zero-order valence-corrected chi connectivity index (χ0v) is 13.5. The molecule has 1 aliphatic heterocycles. The molecule has 0 aromatic rings. The number of carbonyl (C=O) groups excluding carboxylic acids is 1. The highest BCUT2D eigenvalue weighted by molar-refractivity contribution is 5.86. The Labute approximate surface area is 128 Å². The molecule has 114 valence electrons. The third kappa shape index (κ3) is 4.48. The molecule has 4 nitrogen and oxygen atoms in total. The fourth-order valence-electron chi connectivity index (χ4n) is 3.12. The van der Waals surface area contributed by atoms with Crippen LogP contribution in [0.1, 0.15) is 39.0 Å². The fraction of sp³-hybridized carbons (Fsp3) is 0.923. The summed E-state index contributed by atoms with van der Waals surface area (Å²) in [5.41, 5.74) is 5.77. The zero-order chi connectivity index (χ0) is 12.5. The van der Waals surface area contributed by atoms with Crippen molar-refractivity contribution < 1.29 is 4.79 Å². The number of nitrogens with zero attached hydrogens (tertiary/aromatic N) is 1. The van der Waals surface area contributed by atoms with Crippen LogP contribution in [-0.4, -0.2) is 43.0 Å². The molecule has 1 atom stereocenters. The van der Waals surface area contributed by atoms with E-state index in [1.807, 2.05) is 0 Å². The maximum atomic E-state index is 12.1. The van der Waals surface area contributed by atoms with Gasteiger partial charge in [0.05, 0.1) is 5.54 Å². The summed E-state index contributed by atoms with van der Waals surface area (Å²) >= 11 is 0. The van der Waals surface area contributed by atoms with Gasteiger partial charge in [0.15, 0.2) is 0 Å². The highest BCUT2D eigenvalue weighted by Gasteiger charge is 2.39. The van der Waals surface area contributed by atoms with Gasteiger partial charge in [0.2, 0.25) is 5.91 Å². The number of likely N-dealkylation sites (tertiary alicyclic amines) is 1. The molecule has 1 heterocycles.